The van der Waals surface area contributed by atoms with Gasteiger partial charge >= 0.3 is 0 Å². The Labute approximate surface area is 167 Å². The lowest BCUT2D eigenvalue weighted by Gasteiger charge is -2.15. The number of carbonyl (C=O) groups is 1. The van der Waals surface area contributed by atoms with E-state index in [1.807, 2.05) is 14.0 Å². The van der Waals surface area contributed by atoms with Crippen molar-refractivity contribution in [2.24, 2.45) is 7.05 Å². The summed E-state index contributed by atoms with van der Waals surface area (Å²) < 4.78 is 13.0. The number of ether oxygens (including phenoxy) is 1. The topological polar surface area (TPSA) is 60.5 Å². The Hall–Kier alpha value is -2.44. The molecule has 3 rings (SSSR count). The average molecular weight is 408 g/mol. The molecule has 2 aromatic heterocycles. The molecule has 0 aliphatic rings. The molecule has 0 N–H and O–H groups in total. The molecule has 0 fully saturated rings. The average Bonchev–Trinajstić information content (AvgIpc) is 3.22. The number of hydrogen-bond acceptors (Lipinski definition) is 4. The lowest BCUT2D eigenvalue weighted by molar-refractivity contribution is 0.0749. The third-order valence-electron chi connectivity index (χ3n) is 4.23. The maximum Gasteiger partial charge on any atom is 0.289 e. The molecule has 0 saturated heterocycles. The van der Waals surface area contributed by atoms with Crippen molar-refractivity contribution in [3.05, 3.63) is 69.4 Å². The summed E-state index contributed by atoms with van der Waals surface area (Å²) in [7, 11) is 3.59. The molecule has 0 aliphatic carbocycles. The van der Waals surface area contributed by atoms with Crippen LogP contribution in [-0.2, 0) is 20.2 Å². The van der Waals surface area contributed by atoms with Crippen LogP contribution in [-0.4, -0.2) is 27.6 Å². The summed E-state index contributed by atoms with van der Waals surface area (Å²) in [4.78, 5) is 14.2. The molecule has 1 aromatic carbocycles. The number of amides is 1. The second-order valence-corrected chi connectivity index (χ2v) is 7.01. The number of halogens is 2. The minimum Gasteiger partial charge on any atom is -0.484 e. The number of aromatic nitrogens is 2. The lowest BCUT2D eigenvalue weighted by atomic mass is 10.2. The number of aryl methyl sites for hydroxylation is 1. The molecular weight excluding hydrogens is 389 g/mol. The number of benzene rings is 1. The van der Waals surface area contributed by atoms with Gasteiger partial charge in [-0.3, -0.25) is 9.48 Å². The van der Waals surface area contributed by atoms with Crippen LogP contribution in [0.15, 0.2) is 40.9 Å². The fourth-order valence-corrected chi connectivity index (χ4v) is 2.99. The van der Waals surface area contributed by atoms with E-state index in [1.165, 1.54) is 0 Å². The van der Waals surface area contributed by atoms with Crippen molar-refractivity contribution < 1.29 is 13.9 Å². The van der Waals surface area contributed by atoms with Gasteiger partial charge in [-0.1, -0.05) is 23.2 Å². The zero-order chi connectivity index (χ0) is 19.6. The number of nitrogens with zero attached hydrogens (tertiary/aromatic N) is 3. The van der Waals surface area contributed by atoms with Crippen molar-refractivity contribution in [3.63, 3.8) is 0 Å². The van der Waals surface area contributed by atoms with E-state index in [1.54, 1.807) is 53.2 Å². The summed E-state index contributed by atoms with van der Waals surface area (Å²) >= 11 is 11.9. The van der Waals surface area contributed by atoms with Gasteiger partial charge < -0.3 is 14.1 Å². The predicted octanol–water partition coefficient (Wildman–Crippen LogP) is 4.48. The lowest BCUT2D eigenvalue weighted by Crippen LogP contribution is -2.26. The zero-order valence-corrected chi connectivity index (χ0v) is 16.7. The van der Waals surface area contributed by atoms with E-state index < -0.39 is 0 Å². The number of furan rings is 1. The maximum absolute atomic E-state index is 12.6. The first-order valence-corrected chi connectivity index (χ1v) is 9.00. The van der Waals surface area contributed by atoms with Gasteiger partial charge in [0.05, 0.1) is 11.2 Å². The first kappa shape index (κ1) is 19.3. The van der Waals surface area contributed by atoms with Crippen LogP contribution in [0.1, 0.15) is 27.6 Å². The Morgan fingerprint density at radius 2 is 2.07 bits per heavy atom. The highest BCUT2D eigenvalue weighted by Gasteiger charge is 2.18. The van der Waals surface area contributed by atoms with Crippen LogP contribution in [0.3, 0.4) is 0 Å². The maximum atomic E-state index is 12.6. The van der Waals surface area contributed by atoms with E-state index in [0.29, 0.717) is 28.1 Å². The molecule has 8 heteroatoms. The number of carbonyl (C=O) groups excluding carboxylic acids is 1. The highest BCUT2D eigenvalue weighted by molar-refractivity contribution is 6.35. The van der Waals surface area contributed by atoms with Crippen LogP contribution in [0.5, 0.6) is 5.75 Å². The summed E-state index contributed by atoms with van der Waals surface area (Å²) in [6, 6.07) is 8.32. The van der Waals surface area contributed by atoms with Gasteiger partial charge in [-0.05, 0) is 37.3 Å². The van der Waals surface area contributed by atoms with Gasteiger partial charge in [-0.25, -0.2) is 0 Å². The minimum absolute atomic E-state index is 0.153. The number of hydrogen-bond donors (Lipinski definition) is 0. The SMILES string of the molecule is Cc1c(CN(C)C(=O)c2ccc(COc3ccc(Cl)cc3Cl)o2)cnn1C. The van der Waals surface area contributed by atoms with Crippen LogP contribution in [0.25, 0.3) is 0 Å². The molecule has 0 atom stereocenters. The van der Waals surface area contributed by atoms with E-state index in [0.717, 1.165) is 11.3 Å². The van der Waals surface area contributed by atoms with Gasteiger partial charge in [-0.2, -0.15) is 5.10 Å². The monoisotopic (exact) mass is 407 g/mol. The highest BCUT2D eigenvalue weighted by atomic mass is 35.5. The van der Waals surface area contributed by atoms with Gasteiger partial charge in [0.1, 0.15) is 18.1 Å². The Bertz CT molecular complexity index is 965. The van der Waals surface area contributed by atoms with Crippen molar-refractivity contribution in [2.75, 3.05) is 7.05 Å². The second kappa shape index (κ2) is 8.06. The molecule has 0 saturated carbocycles. The Morgan fingerprint density at radius 1 is 1.30 bits per heavy atom. The number of rotatable bonds is 6. The first-order chi connectivity index (χ1) is 12.8. The molecule has 0 radical (unpaired) electrons. The molecular formula is C19H19Cl2N3O3. The molecule has 6 nitrogen and oxygen atoms in total. The zero-order valence-electron chi connectivity index (χ0n) is 15.2. The van der Waals surface area contributed by atoms with E-state index in [2.05, 4.69) is 5.10 Å². The molecule has 1 amide bonds. The summed E-state index contributed by atoms with van der Waals surface area (Å²) in [6.07, 6.45) is 1.76. The molecule has 0 bridgehead atoms. The molecule has 0 aliphatic heterocycles. The highest BCUT2D eigenvalue weighted by Crippen LogP contribution is 2.28. The van der Waals surface area contributed by atoms with Crippen LogP contribution in [0.2, 0.25) is 10.0 Å². The van der Waals surface area contributed by atoms with Gasteiger partial charge in [-0.15, -0.1) is 0 Å². The molecule has 0 spiro atoms. The third-order valence-corrected chi connectivity index (χ3v) is 4.76. The summed E-state index contributed by atoms with van der Waals surface area (Å²) in [5.41, 5.74) is 2.00. The smallest absolute Gasteiger partial charge is 0.289 e. The standard InChI is InChI=1S/C19H19Cl2N3O3/c1-12-13(9-22-24(12)3)10-23(2)19(25)18-7-5-15(27-18)11-26-17-6-4-14(20)8-16(17)21/h4-9H,10-11H2,1-3H3. The quantitative estimate of drug-likeness (QED) is 0.604. The van der Waals surface area contributed by atoms with E-state index >= 15 is 0 Å². The second-order valence-electron chi connectivity index (χ2n) is 6.17. The molecule has 2 heterocycles. The summed E-state index contributed by atoms with van der Waals surface area (Å²) in [6.45, 7) is 2.57. The minimum atomic E-state index is -0.214. The van der Waals surface area contributed by atoms with Crippen molar-refractivity contribution in [2.45, 2.75) is 20.1 Å². The van der Waals surface area contributed by atoms with Crippen LogP contribution in [0, 0.1) is 6.92 Å². The Morgan fingerprint density at radius 3 is 2.74 bits per heavy atom. The van der Waals surface area contributed by atoms with Crippen LogP contribution >= 0.6 is 23.2 Å². The molecule has 3 aromatic rings. The predicted molar refractivity (Wildman–Crippen MR) is 103 cm³/mol. The Kier molecular flexibility index (Phi) is 5.77. The summed E-state index contributed by atoms with van der Waals surface area (Å²) in [5.74, 6) is 1.05. The van der Waals surface area contributed by atoms with Gasteiger partial charge in [0.15, 0.2) is 5.76 Å². The van der Waals surface area contributed by atoms with Gasteiger partial charge in [0, 0.05) is 36.9 Å². The van der Waals surface area contributed by atoms with Crippen LogP contribution in [0.4, 0.5) is 0 Å². The van der Waals surface area contributed by atoms with Gasteiger partial charge in [0.2, 0.25) is 0 Å². The fraction of sp³-hybridized carbons (Fsp3) is 0.263. The molecule has 0 unspecified atom stereocenters. The third kappa shape index (κ3) is 4.46. The van der Waals surface area contributed by atoms with E-state index in [9.17, 15) is 4.79 Å². The van der Waals surface area contributed by atoms with Crippen molar-refractivity contribution in [1.82, 2.24) is 14.7 Å². The summed E-state index contributed by atoms with van der Waals surface area (Å²) in [5, 5.41) is 5.14. The van der Waals surface area contributed by atoms with E-state index in [4.69, 9.17) is 32.4 Å². The normalized spacial score (nSPS) is 10.9. The Balaban J connectivity index is 1.62. The molecule has 27 heavy (non-hydrogen) atoms. The van der Waals surface area contributed by atoms with Crippen molar-refractivity contribution >= 4 is 29.1 Å². The molecule has 142 valence electrons. The van der Waals surface area contributed by atoms with Crippen molar-refractivity contribution in [3.8, 4) is 5.75 Å². The largest absolute Gasteiger partial charge is 0.484 e. The van der Waals surface area contributed by atoms with Gasteiger partial charge in [0.25, 0.3) is 5.91 Å². The van der Waals surface area contributed by atoms with Crippen molar-refractivity contribution in [1.29, 1.82) is 0 Å². The van der Waals surface area contributed by atoms with E-state index in [-0.39, 0.29) is 18.3 Å². The first-order valence-electron chi connectivity index (χ1n) is 8.24. The fourth-order valence-electron chi connectivity index (χ4n) is 2.53. The van der Waals surface area contributed by atoms with Crippen LogP contribution < -0.4 is 4.74 Å².